The van der Waals surface area contributed by atoms with Gasteiger partial charge in [0.25, 0.3) is 0 Å². The van der Waals surface area contributed by atoms with Crippen LogP contribution in [0.25, 0.3) is 0 Å². The van der Waals surface area contributed by atoms with E-state index in [1.807, 2.05) is 30.3 Å². The van der Waals surface area contributed by atoms with E-state index in [0.29, 0.717) is 17.0 Å². The van der Waals surface area contributed by atoms with E-state index >= 15 is 0 Å². The molecule has 0 aromatic heterocycles. The molecule has 21 heavy (non-hydrogen) atoms. The van der Waals surface area contributed by atoms with Crippen LogP contribution in [0.1, 0.15) is 11.1 Å². The van der Waals surface area contributed by atoms with Crippen molar-refractivity contribution in [1.29, 1.82) is 5.26 Å². The van der Waals surface area contributed by atoms with Crippen LogP contribution in [0.4, 0.5) is 5.69 Å². The Kier molecular flexibility index (Phi) is 4.96. The third-order valence-electron chi connectivity index (χ3n) is 3.01. The first-order chi connectivity index (χ1) is 10.2. The minimum absolute atomic E-state index is 0.616. The van der Waals surface area contributed by atoms with Crippen LogP contribution in [0.3, 0.4) is 0 Å². The minimum Gasteiger partial charge on any atom is -0.497 e. The van der Waals surface area contributed by atoms with Crippen LogP contribution in [-0.4, -0.2) is 14.2 Å². The fourth-order valence-corrected chi connectivity index (χ4v) is 2.85. The van der Waals surface area contributed by atoms with Gasteiger partial charge in [-0.05, 0) is 36.4 Å². The summed E-state index contributed by atoms with van der Waals surface area (Å²) in [6.07, 6.45) is 0. The van der Waals surface area contributed by atoms with E-state index in [9.17, 15) is 0 Å². The lowest BCUT2D eigenvalue weighted by molar-refractivity contribution is 0.411. The van der Waals surface area contributed by atoms with Gasteiger partial charge in [-0.25, -0.2) is 0 Å². The minimum atomic E-state index is 0.616. The lowest BCUT2D eigenvalue weighted by atomic mass is 10.1. The van der Waals surface area contributed by atoms with Crippen LogP contribution < -0.4 is 15.2 Å². The highest BCUT2D eigenvalue weighted by Gasteiger charge is 2.08. The topological polar surface area (TPSA) is 68.3 Å². The van der Waals surface area contributed by atoms with Crippen molar-refractivity contribution in [3.8, 4) is 17.6 Å². The molecule has 0 aliphatic heterocycles. The molecule has 2 aromatic carbocycles. The summed E-state index contributed by atoms with van der Waals surface area (Å²) in [7, 11) is 3.24. The first-order valence-corrected chi connectivity index (χ1v) is 7.30. The zero-order chi connectivity index (χ0) is 15.2. The molecule has 5 heteroatoms. The Hall–Kier alpha value is -2.32. The summed E-state index contributed by atoms with van der Waals surface area (Å²) >= 11 is 1.58. The van der Waals surface area contributed by atoms with Crippen molar-refractivity contribution in [2.45, 2.75) is 10.6 Å². The van der Waals surface area contributed by atoms with Gasteiger partial charge in [0.05, 0.1) is 25.9 Å². The Labute approximate surface area is 128 Å². The fraction of sp³-hybridized carbons (Fsp3) is 0.188. The SMILES string of the molecule is COc1ccc(N)c(SCc2cc(C#N)ccc2OC)c1. The van der Waals surface area contributed by atoms with E-state index in [4.69, 9.17) is 20.5 Å². The lowest BCUT2D eigenvalue weighted by Gasteiger charge is -2.11. The summed E-state index contributed by atoms with van der Waals surface area (Å²) in [5.41, 5.74) is 8.26. The van der Waals surface area contributed by atoms with Crippen LogP contribution in [0, 0.1) is 11.3 Å². The Morgan fingerprint density at radius 3 is 2.62 bits per heavy atom. The van der Waals surface area contributed by atoms with Gasteiger partial charge in [-0.2, -0.15) is 5.26 Å². The van der Waals surface area contributed by atoms with Gasteiger partial charge in [0.2, 0.25) is 0 Å². The molecule has 0 atom stereocenters. The molecule has 0 bridgehead atoms. The largest absolute Gasteiger partial charge is 0.497 e. The smallest absolute Gasteiger partial charge is 0.122 e. The summed E-state index contributed by atoms with van der Waals surface area (Å²) < 4.78 is 10.5. The zero-order valence-corrected chi connectivity index (χ0v) is 12.7. The number of thioether (sulfide) groups is 1. The molecule has 2 N–H and O–H groups in total. The van der Waals surface area contributed by atoms with Crippen LogP contribution in [-0.2, 0) is 5.75 Å². The number of benzene rings is 2. The molecule has 4 nitrogen and oxygen atoms in total. The van der Waals surface area contributed by atoms with E-state index in [-0.39, 0.29) is 0 Å². The molecule has 0 spiro atoms. The maximum Gasteiger partial charge on any atom is 0.122 e. The van der Waals surface area contributed by atoms with E-state index in [1.165, 1.54) is 0 Å². The molecule has 108 valence electrons. The monoisotopic (exact) mass is 300 g/mol. The van der Waals surface area contributed by atoms with Gasteiger partial charge in [0.15, 0.2) is 0 Å². The van der Waals surface area contributed by atoms with Gasteiger partial charge in [-0.3, -0.25) is 0 Å². The lowest BCUT2D eigenvalue weighted by Crippen LogP contribution is -1.94. The summed E-state index contributed by atoms with van der Waals surface area (Å²) in [5, 5.41) is 8.99. The predicted molar refractivity (Wildman–Crippen MR) is 84.7 cm³/mol. The van der Waals surface area contributed by atoms with Crippen molar-refractivity contribution >= 4 is 17.4 Å². The molecule has 0 fully saturated rings. The van der Waals surface area contributed by atoms with Gasteiger partial charge in [0.1, 0.15) is 11.5 Å². The molecule has 0 heterocycles. The van der Waals surface area contributed by atoms with Crippen molar-refractivity contribution in [2.24, 2.45) is 0 Å². The molecular weight excluding hydrogens is 284 g/mol. The molecule has 2 rings (SSSR count). The van der Waals surface area contributed by atoms with Crippen LogP contribution in [0.15, 0.2) is 41.3 Å². The average Bonchev–Trinajstić information content (AvgIpc) is 2.53. The first-order valence-electron chi connectivity index (χ1n) is 6.31. The number of anilines is 1. The number of hydrogen-bond acceptors (Lipinski definition) is 5. The average molecular weight is 300 g/mol. The summed E-state index contributed by atoms with van der Waals surface area (Å²) in [4.78, 5) is 0.943. The number of rotatable bonds is 5. The standard InChI is InChI=1S/C16H16N2O2S/c1-19-13-4-5-14(18)16(8-13)21-10-12-7-11(9-17)3-6-15(12)20-2/h3-8H,10,18H2,1-2H3. The third kappa shape index (κ3) is 3.61. The predicted octanol–water partition coefficient (Wildman–Crippen LogP) is 3.45. The highest BCUT2D eigenvalue weighted by atomic mass is 32.2. The quantitative estimate of drug-likeness (QED) is 0.676. The number of nitrogen functional groups attached to an aromatic ring is 1. The van der Waals surface area contributed by atoms with E-state index in [2.05, 4.69) is 6.07 Å². The molecule has 0 amide bonds. The Morgan fingerprint density at radius 1 is 1.14 bits per heavy atom. The van der Waals surface area contributed by atoms with Gasteiger partial charge < -0.3 is 15.2 Å². The van der Waals surface area contributed by atoms with Crippen molar-refractivity contribution in [1.82, 2.24) is 0 Å². The number of ether oxygens (including phenoxy) is 2. The number of nitrogens with zero attached hydrogens (tertiary/aromatic N) is 1. The molecule has 0 aliphatic carbocycles. The molecule has 0 unspecified atom stereocenters. The maximum atomic E-state index is 8.99. The number of nitriles is 1. The second-order valence-electron chi connectivity index (χ2n) is 4.33. The highest BCUT2D eigenvalue weighted by Crippen LogP contribution is 2.33. The summed E-state index contributed by atoms with van der Waals surface area (Å²) in [6.45, 7) is 0. The van der Waals surface area contributed by atoms with Crippen LogP contribution >= 0.6 is 11.8 Å². The second-order valence-corrected chi connectivity index (χ2v) is 5.35. The number of methoxy groups -OCH3 is 2. The van der Waals surface area contributed by atoms with Crippen molar-refractivity contribution < 1.29 is 9.47 Å². The normalized spacial score (nSPS) is 9.95. The Bertz CT molecular complexity index is 680. The Balaban J connectivity index is 2.22. The van der Waals surface area contributed by atoms with Crippen molar-refractivity contribution in [2.75, 3.05) is 20.0 Å². The third-order valence-corrected chi connectivity index (χ3v) is 4.13. The van der Waals surface area contributed by atoms with E-state index in [1.54, 1.807) is 32.0 Å². The van der Waals surface area contributed by atoms with Crippen molar-refractivity contribution in [3.63, 3.8) is 0 Å². The number of nitrogens with two attached hydrogens (primary N) is 1. The summed E-state index contributed by atoms with van der Waals surface area (Å²) in [5.74, 6) is 2.20. The molecule has 0 saturated carbocycles. The van der Waals surface area contributed by atoms with E-state index in [0.717, 1.165) is 22.0 Å². The van der Waals surface area contributed by atoms with Gasteiger partial charge in [0, 0.05) is 21.9 Å². The Morgan fingerprint density at radius 2 is 1.95 bits per heavy atom. The van der Waals surface area contributed by atoms with Crippen LogP contribution in [0.5, 0.6) is 11.5 Å². The van der Waals surface area contributed by atoms with Crippen molar-refractivity contribution in [3.05, 3.63) is 47.5 Å². The van der Waals surface area contributed by atoms with E-state index < -0.39 is 0 Å². The highest BCUT2D eigenvalue weighted by molar-refractivity contribution is 7.98. The molecule has 0 radical (unpaired) electrons. The zero-order valence-electron chi connectivity index (χ0n) is 11.9. The van der Waals surface area contributed by atoms with Gasteiger partial charge >= 0.3 is 0 Å². The second kappa shape index (κ2) is 6.91. The number of hydrogen-bond donors (Lipinski definition) is 1. The van der Waals surface area contributed by atoms with Crippen LogP contribution in [0.2, 0.25) is 0 Å². The molecule has 2 aromatic rings. The summed E-state index contributed by atoms with van der Waals surface area (Å²) in [6, 6.07) is 13.1. The van der Waals surface area contributed by atoms with Gasteiger partial charge in [-0.15, -0.1) is 11.8 Å². The molecule has 0 aliphatic rings. The molecular formula is C16H16N2O2S. The first kappa shape index (κ1) is 15.1. The molecule has 0 saturated heterocycles. The fourth-order valence-electron chi connectivity index (χ4n) is 1.88. The van der Waals surface area contributed by atoms with Gasteiger partial charge in [-0.1, -0.05) is 0 Å². The maximum absolute atomic E-state index is 8.99.